The summed E-state index contributed by atoms with van der Waals surface area (Å²) in [6.45, 7) is 19.4. The summed E-state index contributed by atoms with van der Waals surface area (Å²) in [7, 11) is 0. The molecule has 238 valence electrons. The van der Waals surface area contributed by atoms with Crippen molar-refractivity contribution in [1.29, 1.82) is 0 Å². The molecule has 3 rings (SSSR count). The van der Waals surface area contributed by atoms with Gasteiger partial charge in [0, 0.05) is 11.7 Å². The summed E-state index contributed by atoms with van der Waals surface area (Å²) >= 11 is 0. The fraction of sp³-hybridized carbons (Fsp3) is 0.486. The van der Waals surface area contributed by atoms with Gasteiger partial charge in [-0.05, 0) is 106 Å². The molecule has 0 aliphatic heterocycles. The van der Waals surface area contributed by atoms with E-state index in [1.807, 2.05) is 95.3 Å². The highest BCUT2D eigenvalue weighted by Crippen LogP contribution is 2.31. The van der Waals surface area contributed by atoms with Crippen LogP contribution in [0.1, 0.15) is 91.0 Å². The van der Waals surface area contributed by atoms with Crippen molar-refractivity contribution in [3.8, 4) is 0 Å². The second kappa shape index (κ2) is 14.7. The molecule has 7 heteroatoms. The van der Waals surface area contributed by atoms with E-state index in [0.29, 0.717) is 18.0 Å². The second-order valence-corrected chi connectivity index (χ2v) is 13.7. The maximum Gasteiger partial charge on any atom is 0.408 e. The quantitative estimate of drug-likeness (QED) is 0.231. The van der Waals surface area contributed by atoms with Gasteiger partial charge in [0.1, 0.15) is 17.7 Å². The number of nitrogens with zero attached hydrogens (tertiary/aromatic N) is 1. The minimum atomic E-state index is -0.933. The summed E-state index contributed by atoms with van der Waals surface area (Å²) in [5, 5.41) is 8.02. The highest BCUT2D eigenvalue weighted by atomic mass is 16.6. The van der Waals surface area contributed by atoms with Gasteiger partial charge in [-0.15, -0.1) is 0 Å². The molecule has 0 aliphatic rings. The lowest BCUT2D eigenvalue weighted by Gasteiger charge is -2.39. The molecule has 3 aromatic carbocycles. The molecule has 0 spiro atoms. The van der Waals surface area contributed by atoms with Crippen LogP contribution in [0.15, 0.2) is 60.7 Å². The van der Waals surface area contributed by atoms with Crippen molar-refractivity contribution in [3.63, 3.8) is 0 Å². The first kappa shape index (κ1) is 34.6. The number of nitrogens with one attached hydrogen (secondary N) is 2. The largest absolute Gasteiger partial charge is 0.444 e. The average Bonchev–Trinajstić information content (AvgIpc) is 2.93. The summed E-state index contributed by atoms with van der Waals surface area (Å²) in [5.41, 5.74) is 2.77. The Morgan fingerprint density at radius 1 is 0.818 bits per heavy atom. The Labute approximate surface area is 263 Å². The lowest BCUT2D eigenvalue weighted by molar-refractivity contribution is -0.144. The SMILES string of the molecule is Cc1ccc(C(C(=O)Nc2ccc3ccccc3c2)N(C(=O)C(NC(=O)OC(C)(C)C)C(C)C)C(C)CCC(C)C)cc1C. The molecule has 3 aromatic rings. The molecule has 0 bridgehead atoms. The van der Waals surface area contributed by atoms with Gasteiger partial charge < -0.3 is 20.3 Å². The van der Waals surface area contributed by atoms with Gasteiger partial charge in [0.25, 0.3) is 5.91 Å². The number of anilines is 1. The Kier molecular flexibility index (Phi) is 11.6. The van der Waals surface area contributed by atoms with Crippen molar-refractivity contribution in [3.05, 3.63) is 77.4 Å². The van der Waals surface area contributed by atoms with Crippen molar-refractivity contribution in [2.45, 2.75) is 106 Å². The van der Waals surface area contributed by atoms with Crippen LogP contribution in [0.5, 0.6) is 0 Å². The number of fused-ring (bicyclic) bond motifs is 1. The molecule has 3 amide bonds. The second-order valence-electron chi connectivity index (χ2n) is 13.7. The van der Waals surface area contributed by atoms with Gasteiger partial charge in [-0.3, -0.25) is 9.59 Å². The van der Waals surface area contributed by atoms with E-state index in [-0.39, 0.29) is 23.8 Å². The smallest absolute Gasteiger partial charge is 0.408 e. The Hall–Kier alpha value is -3.87. The fourth-order valence-electron chi connectivity index (χ4n) is 5.27. The minimum Gasteiger partial charge on any atom is -0.444 e. The molecule has 0 radical (unpaired) electrons. The van der Waals surface area contributed by atoms with Gasteiger partial charge in [0.15, 0.2) is 0 Å². The summed E-state index contributed by atoms with van der Waals surface area (Å²) < 4.78 is 5.52. The third kappa shape index (κ3) is 9.31. The molecular weight excluding hydrogens is 550 g/mol. The molecule has 3 unspecified atom stereocenters. The lowest BCUT2D eigenvalue weighted by atomic mass is 9.93. The van der Waals surface area contributed by atoms with Crippen LogP contribution in [0.25, 0.3) is 10.8 Å². The van der Waals surface area contributed by atoms with Gasteiger partial charge in [0.2, 0.25) is 5.91 Å². The fourth-order valence-corrected chi connectivity index (χ4v) is 5.27. The van der Waals surface area contributed by atoms with Crippen LogP contribution in [0.2, 0.25) is 0 Å². The van der Waals surface area contributed by atoms with E-state index in [0.717, 1.165) is 33.9 Å². The predicted molar refractivity (Wildman–Crippen MR) is 180 cm³/mol. The van der Waals surface area contributed by atoms with E-state index in [1.165, 1.54) is 0 Å². The van der Waals surface area contributed by atoms with Gasteiger partial charge >= 0.3 is 6.09 Å². The Morgan fingerprint density at radius 2 is 1.48 bits per heavy atom. The molecule has 0 heterocycles. The number of hydrogen-bond acceptors (Lipinski definition) is 4. The molecule has 0 saturated heterocycles. The number of hydrogen-bond donors (Lipinski definition) is 2. The number of carbonyl (C=O) groups excluding carboxylic acids is 3. The number of benzene rings is 3. The number of alkyl carbamates (subject to hydrolysis) is 1. The molecule has 3 atom stereocenters. The molecule has 0 saturated carbocycles. The highest BCUT2D eigenvalue weighted by molar-refractivity contribution is 6.00. The average molecular weight is 602 g/mol. The summed E-state index contributed by atoms with van der Waals surface area (Å²) in [6.07, 6.45) is 0.913. The zero-order valence-corrected chi connectivity index (χ0v) is 28.2. The zero-order valence-electron chi connectivity index (χ0n) is 28.2. The first-order valence-corrected chi connectivity index (χ1v) is 15.8. The highest BCUT2D eigenvalue weighted by Gasteiger charge is 2.40. The van der Waals surface area contributed by atoms with Gasteiger partial charge in [-0.1, -0.05) is 76.2 Å². The first-order valence-electron chi connectivity index (χ1n) is 15.8. The van der Waals surface area contributed by atoms with Gasteiger partial charge in [-0.2, -0.15) is 0 Å². The number of rotatable bonds is 11. The molecule has 2 N–H and O–H groups in total. The lowest BCUT2D eigenvalue weighted by Crippen LogP contribution is -2.56. The topological polar surface area (TPSA) is 87.7 Å². The standard InChI is InChI=1S/C37H51N3O4/c1-23(2)15-17-27(7)40(35(42)32(24(3)4)39-36(43)44-37(8,9)10)33(30-18-16-25(5)26(6)21-30)34(41)38-31-20-19-28-13-11-12-14-29(28)22-31/h11-14,16,18-24,27,32-33H,15,17H2,1-10H3,(H,38,41)(H,39,43). The van der Waals surface area contributed by atoms with Gasteiger partial charge in [-0.25, -0.2) is 4.79 Å². The number of ether oxygens (including phenoxy) is 1. The van der Waals surface area contributed by atoms with E-state index in [4.69, 9.17) is 4.74 Å². The van der Waals surface area contributed by atoms with Crippen LogP contribution in [0.4, 0.5) is 10.5 Å². The van der Waals surface area contributed by atoms with Crippen LogP contribution >= 0.6 is 0 Å². The summed E-state index contributed by atoms with van der Waals surface area (Å²) in [6, 6.07) is 17.6. The van der Waals surface area contributed by atoms with Crippen LogP contribution in [-0.4, -0.2) is 40.5 Å². The molecular formula is C37H51N3O4. The Bertz CT molecular complexity index is 1460. The normalized spacial score (nSPS) is 13.8. The van der Waals surface area contributed by atoms with Crippen molar-refractivity contribution in [2.24, 2.45) is 11.8 Å². The van der Waals surface area contributed by atoms with Crippen LogP contribution in [-0.2, 0) is 14.3 Å². The summed E-state index contributed by atoms with van der Waals surface area (Å²) in [5.74, 6) is -0.465. The Balaban J connectivity index is 2.12. The van der Waals surface area contributed by atoms with E-state index in [2.05, 4.69) is 24.5 Å². The number of aryl methyl sites for hydroxylation is 2. The van der Waals surface area contributed by atoms with Crippen molar-refractivity contribution in [2.75, 3.05) is 5.32 Å². The van der Waals surface area contributed by atoms with Gasteiger partial charge in [0.05, 0.1) is 0 Å². The minimum absolute atomic E-state index is 0.251. The maximum absolute atomic E-state index is 14.6. The molecule has 44 heavy (non-hydrogen) atoms. The summed E-state index contributed by atoms with van der Waals surface area (Å²) in [4.78, 5) is 43.7. The van der Waals surface area contributed by atoms with E-state index in [9.17, 15) is 14.4 Å². The van der Waals surface area contributed by atoms with E-state index in [1.54, 1.807) is 25.7 Å². The van der Waals surface area contributed by atoms with E-state index >= 15 is 0 Å². The third-order valence-corrected chi connectivity index (χ3v) is 7.89. The zero-order chi connectivity index (χ0) is 32.8. The Morgan fingerprint density at radius 3 is 2.07 bits per heavy atom. The molecule has 7 nitrogen and oxygen atoms in total. The third-order valence-electron chi connectivity index (χ3n) is 7.89. The predicted octanol–water partition coefficient (Wildman–Crippen LogP) is 8.34. The van der Waals surface area contributed by atoms with Crippen molar-refractivity contribution in [1.82, 2.24) is 10.2 Å². The molecule has 0 fully saturated rings. The van der Waals surface area contributed by atoms with Crippen LogP contribution in [0, 0.1) is 25.7 Å². The molecule has 0 aromatic heterocycles. The number of carbonyl (C=O) groups is 3. The van der Waals surface area contributed by atoms with Crippen LogP contribution < -0.4 is 10.6 Å². The van der Waals surface area contributed by atoms with E-state index < -0.39 is 23.8 Å². The number of amides is 3. The molecule has 0 aliphatic carbocycles. The monoisotopic (exact) mass is 601 g/mol. The first-order chi connectivity index (χ1) is 20.6. The maximum atomic E-state index is 14.6. The van der Waals surface area contributed by atoms with Crippen LogP contribution in [0.3, 0.4) is 0 Å². The van der Waals surface area contributed by atoms with Crippen molar-refractivity contribution < 1.29 is 19.1 Å². The van der Waals surface area contributed by atoms with Crippen molar-refractivity contribution >= 4 is 34.4 Å².